The number of nitrogens with zero attached hydrogens (tertiary/aromatic N) is 4. The summed E-state index contributed by atoms with van der Waals surface area (Å²) in [4.78, 5) is 30.1. The van der Waals surface area contributed by atoms with E-state index < -0.39 is 45.5 Å². The first kappa shape index (κ1) is 31.9. The SMILES string of the molecule is CN1CCN(S(=O)(=O)c2ccc(-c3ccc(CC(C#N)NC(=O)C4C5CCC(C5)N4C(=O)OC(C)(C)C)c(F)c3)cc2)CC1. The molecular weight excluding hydrogens is 585 g/mol. The lowest BCUT2D eigenvalue weighted by Crippen LogP contribution is -2.55. The molecule has 3 fully saturated rings. The number of halogens is 1. The van der Waals surface area contributed by atoms with Gasteiger partial charge in [-0.3, -0.25) is 9.69 Å². The van der Waals surface area contributed by atoms with Crippen LogP contribution >= 0.6 is 0 Å². The lowest BCUT2D eigenvalue weighted by atomic mass is 9.97. The fourth-order valence-corrected chi connectivity index (χ4v) is 7.82. The average Bonchev–Trinajstić information content (AvgIpc) is 3.59. The molecule has 4 atom stereocenters. The summed E-state index contributed by atoms with van der Waals surface area (Å²) in [6.45, 7) is 7.53. The summed E-state index contributed by atoms with van der Waals surface area (Å²) in [5, 5.41) is 12.5. The number of benzene rings is 2. The molecule has 2 heterocycles. The summed E-state index contributed by atoms with van der Waals surface area (Å²) in [6, 6.07) is 11.3. The van der Waals surface area contributed by atoms with Crippen molar-refractivity contribution in [1.29, 1.82) is 5.26 Å². The highest BCUT2D eigenvalue weighted by Crippen LogP contribution is 2.43. The van der Waals surface area contributed by atoms with E-state index >= 15 is 4.39 Å². The Bertz CT molecular complexity index is 1540. The molecule has 2 saturated heterocycles. The summed E-state index contributed by atoms with van der Waals surface area (Å²) in [5.41, 5.74) is 0.758. The van der Waals surface area contributed by atoms with Crippen LogP contribution in [0.25, 0.3) is 11.1 Å². The van der Waals surface area contributed by atoms with E-state index in [-0.39, 0.29) is 28.8 Å². The number of rotatable bonds is 7. The molecule has 0 radical (unpaired) electrons. The van der Waals surface area contributed by atoms with Gasteiger partial charge in [0.2, 0.25) is 15.9 Å². The van der Waals surface area contributed by atoms with Crippen molar-refractivity contribution in [1.82, 2.24) is 19.4 Å². The third-order valence-corrected chi connectivity index (χ3v) is 10.6. The molecule has 1 saturated carbocycles. The highest BCUT2D eigenvalue weighted by Gasteiger charge is 2.52. The first-order valence-electron chi connectivity index (χ1n) is 15.1. The Labute approximate surface area is 258 Å². The molecule has 12 heteroatoms. The van der Waals surface area contributed by atoms with Crippen molar-refractivity contribution in [3.05, 3.63) is 53.8 Å². The van der Waals surface area contributed by atoms with Crippen molar-refractivity contribution < 1.29 is 27.1 Å². The number of fused-ring (bicyclic) bond motifs is 2. The Morgan fingerprint density at radius 3 is 2.34 bits per heavy atom. The second-order valence-electron chi connectivity index (χ2n) is 13.0. The monoisotopic (exact) mass is 625 g/mol. The van der Waals surface area contributed by atoms with Crippen LogP contribution in [0.3, 0.4) is 0 Å². The third kappa shape index (κ3) is 6.75. The van der Waals surface area contributed by atoms with Gasteiger partial charge in [0.25, 0.3) is 0 Å². The smallest absolute Gasteiger partial charge is 0.411 e. The lowest BCUT2D eigenvalue weighted by Gasteiger charge is -2.35. The van der Waals surface area contributed by atoms with Crippen LogP contribution in [-0.4, -0.2) is 91.5 Å². The first-order valence-corrected chi connectivity index (χ1v) is 16.5. The zero-order chi connectivity index (χ0) is 31.8. The summed E-state index contributed by atoms with van der Waals surface area (Å²) in [5.74, 6) is -0.981. The van der Waals surface area contributed by atoms with Gasteiger partial charge in [-0.05, 0) is 87.9 Å². The van der Waals surface area contributed by atoms with Crippen molar-refractivity contribution >= 4 is 22.0 Å². The third-order valence-electron chi connectivity index (χ3n) is 8.70. The number of carbonyl (C=O) groups excluding carboxylic acids is 2. The Kier molecular flexibility index (Phi) is 9.03. The average molecular weight is 626 g/mol. The second-order valence-corrected chi connectivity index (χ2v) is 14.9. The van der Waals surface area contributed by atoms with Gasteiger partial charge in [-0.15, -0.1) is 0 Å². The van der Waals surface area contributed by atoms with Gasteiger partial charge in [0.05, 0.1) is 11.0 Å². The van der Waals surface area contributed by atoms with E-state index in [1.807, 2.05) is 7.05 Å². The zero-order valence-corrected chi connectivity index (χ0v) is 26.4. The summed E-state index contributed by atoms with van der Waals surface area (Å²) < 4.78 is 48.4. The van der Waals surface area contributed by atoms with Gasteiger partial charge in [-0.1, -0.05) is 24.3 Å². The Morgan fingerprint density at radius 2 is 1.73 bits per heavy atom. The minimum atomic E-state index is -3.61. The summed E-state index contributed by atoms with van der Waals surface area (Å²) >= 11 is 0. The fraction of sp³-hybridized carbons (Fsp3) is 0.531. The topological polar surface area (TPSA) is 123 Å². The van der Waals surface area contributed by atoms with Gasteiger partial charge in [0.1, 0.15) is 23.5 Å². The Morgan fingerprint density at radius 1 is 1.07 bits per heavy atom. The maximum atomic E-state index is 15.3. The van der Waals surface area contributed by atoms with E-state index in [0.717, 1.165) is 12.8 Å². The number of amides is 2. The quantitative estimate of drug-likeness (QED) is 0.497. The normalized spacial score (nSPS) is 23.3. The number of carbonyl (C=O) groups is 2. The molecule has 2 aromatic rings. The predicted octanol–water partition coefficient (Wildman–Crippen LogP) is 3.77. The van der Waals surface area contributed by atoms with Crippen LogP contribution < -0.4 is 5.32 Å². The van der Waals surface area contributed by atoms with Gasteiger partial charge < -0.3 is 15.0 Å². The molecule has 1 aliphatic carbocycles. The molecule has 2 aromatic carbocycles. The van der Waals surface area contributed by atoms with Crippen molar-refractivity contribution in [2.75, 3.05) is 33.2 Å². The van der Waals surface area contributed by atoms with Crippen LogP contribution in [0.1, 0.15) is 45.6 Å². The van der Waals surface area contributed by atoms with E-state index in [1.54, 1.807) is 45.0 Å². The zero-order valence-electron chi connectivity index (χ0n) is 25.6. The number of likely N-dealkylation sites (tertiary alicyclic amines) is 1. The first-order chi connectivity index (χ1) is 20.8. The molecular formula is C32H40FN5O5S. The number of sulfonamides is 1. The van der Waals surface area contributed by atoms with Gasteiger partial charge >= 0.3 is 6.09 Å². The van der Waals surface area contributed by atoms with Gasteiger partial charge in [-0.2, -0.15) is 9.57 Å². The number of likely N-dealkylation sites (N-methyl/N-ethyl adjacent to an activating group) is 1. The van der Waals surface area contributed by atoms with Crippen LogP contribution in [0.5, 0.6) is 0 Å². The molecule has 2 bridgehead atoms. The van der Waals surface area contributed by atoms with Crippen LogP contribution in [0, 0.1) is 23.1 Å². The predicted molar refractivity (Wildman–Crippen MR) is 162 cm³/mol. The number of piperidine rings is 1. The van der Waals surface area contributed by atoms with Crippen LogP contribution in [0.4, 0.5) is 9.18 Å². The lowest BCUT2D eigenvalue weighted by molar-refractivity contribution is -0.128. The van der Waals surface area contributed by atoms with Crippen LogP contribution in [0.2, 0.25) is 0 Å². The molecule has 0 spiro atoms. The number of ether oxygens (including phenoxy) is 1. The van der Waals surface area contributed by atoms with Gasteiger partial charge in [0.15, 0.2) is 0 Å². The standard InChI is InChI=1S/C32H40FN5O5S/c1-32(2,3)43-31(40)38-26-10-7-24(18-26)29(38)30(39)35-25(20-34)17-23-6-5-22(19-28(23)33)21-8-11-27(12-9-21)44(41,42)37-15-13-36(4)14-16-37/h5-6,8-9,11-12,19,24-26,29H,7,10,13-18H2,1-4H3,(H,35,39). The molecule has 10 nitrogen and oxygen atoms in total. The van der Waals surface area contributed by atoms with Crippen LogP contribution in [0.15, 0.2) is 47.4 Å². The number of piperazine rings is 1. The highest BCUT2D eigenvalue weighted by molar-refractivity contribution is 7.89. The molecule has 1 N–H and O–H groups in total. The summed E-state index contributed by atoms with van der Waals surface area (Å²) in [6.07, 6.45) is 1.75. The number of hydrogen-bond acceptors (Lipinski definition) is 7. The molecule has 236 valence electrons. The Hall–Kier alpha value is -3.53. The minimum absolute atomic E-state index is 0.00851. The van der Waals surface area contributed by atoms with E-state index in [9.17, 15) is 23.3 Å². The van der Waals surface area contributed by atoms with Crippen molar-refractivity contribution in [2.45, 2.75) is 75.1 Å². The van der Waals surface area contributed by atoms with E-state index in [4.69, 9.17) is 4.74 Å². The minimum Gasteiger partial charge on any atom is -0.444 e. The van der Waals surface area contributed by atoms with Gasteiger partial charge in [0, 0.05) is 38.6 Å². The summed E-state index contributed by atoms with van der Waals surface area (Å²) in [7, 11) is -1.65. The van der Waals surface area contributed by atoms with Crippen LogP contribution in [-0.2, 0) is 26.0 Å². The molecule has 2 aliphatic heterocycles. The Balaban J connectivity index is 1.24. The van der Waals surface area contributed by atoms with E-state index in [1.165, 1.54) is 27.4 Å². The van der Waals surface area contributed by atoms with Crippen molar-refractivity contribution in [3.8, 4) is 17.2 Å². The molecule has 0 aromatic heterocycles. The largest absolute Gasteiger partial charge is 0.444 e. The molecule has 5 rings (SSSR count). The number of hydrogen-bond donors (Lipinski definition) is 1. The molecule has 3 aliphatic rings. The molecule has 2 amide bonds. The van der Waals surface area contributed by atoms with Gasteiger partial charge in [-0.25, -0.2) is 17.6 Å². The van der Waals surface area contributed by atoms with E-state index in [2.05, 4.69) is 16.3 Å². The number of nitriles is 1. The highest BCUT2D eigenvalue weighted by atomic mass is 32.2. The number of nitrogens with one attached hydrogen (secondary N) is 1. The van der Waals surface area contributed by atoms with E-state index in [0.29, 0.717) is 43.7 Å². The maximum absolute atomic E-state index is 15.3. The van der Waals surface area contributed by atoms with Crippen molar-refractivity contribution in [3.63, 3.8) is 0 Å². The molecule has 44 heavy (non-hydrogen) atoms. The maximum Gasteiger partial charge on any atom is 0.411 e. The molecule has 4 unspecified atom stereocenters. The second kappa shape index (κ2) is 12.5. The fourth-order valence-electron chi connectivity index (χ4n) is 6.40. The van der Waals surface area contributed by atoms with Crippen molar-refractivity contribution in [2.24, 2.45) is 5.92 Å².